The summed E-state index contributed by atoms with van der Waals surface area (Å²) in [5.74, 6) is 0. The maximum absolute atomic E-state index is 12.5. The van der Waals surface area contributed by atoms with Crippen molar-refractivity contribution >= 4 is 16.9 Å². The van der Waals surface area contributed by atoms with Gasteiger partial charge in [-0.1, -0.05) is 11.8 Å². The molecule has 8 heteroatoms. The number of aliphatic imine (C=N–C) groups is 1. The molecule has 2 heterocycles. The molecule has 0 bridgehead atoms. The van der Waals surface area contributed by atoms with Gasteiger partial charge < -0.3 is 25.0 Å². The van der Waals surface area contributed by atoms with E-state index in [0.717, 1.165) is 0 Å². The van der Waals surface area contributed by atoms with Crippen molar-refractivity contribution in [2.75, 3.05) is 20.8 Å². The largest absolute Gasteiger partial charge is 0.388 e. The lowest BCUT2D eigenvalue weighted by Gasteiger charge is -2.39. The van der Waals surface area contributed by atoms with E-state index in [9.17, 15) is 19.7 Å². The Morgan fingerprint density at radius 1 is 1.44 bits per heavy atom. The van der Waals surface area contributed by atoms with Crippen LogP contribution in [0.5, 0.6) is 0 Å². The summed E-state index contributed by atoms with van der Waals surface area (Å²) in [5.41, 5.74) is -0.507. The van der Waals surface area contributed by atoms with Crippen molar-refractivity contribution < 1.29 is 24.4 Å². The number of amidine groups is 1. The summed E-state index contributed by atoms with van der Waals surface area (Å²) in [6, 6.07) is -0.592. The highest BCUT2D eigenvalue weighted by atomic mass is 32.2. The number of hydrogen-bond acceptors (Lipinski definition) is 7. The number of nitrogens with zero attached hydrogens (tertiary/aromatic N) is 2. The van der Waals surface area contributed by atoms with Gasteiger partial charge in [0.15, 0.2) is 5.17 Å². The fourth-order valence-electron chi connectivity index (χ4n) is 2.00. The van der Waals surface area contributed by atoms with Gasteiger partial charge in [-0.15, -0.1) is 0 Å². The van der Waals surface area contributed by atoms with E-state index < -0.39 is 42.6 Å². The van der Waals surface area contributed by atoms with E-state index in [2.05, 4.69) is 4.99 Å². The van der Waals surface area contributed by atoms with Crippen LogP contribution in [0.2, 0.25) is 0 Å². The highest BCUT2D eigenvalue weighted by molar-refractivity contribution is 8.14. The molecule has 0 radical (unpaired) electrons. The number of aliphatic hydroxyl groups is 3. The van der Waals surface area contributed by atoms with Gasteiger partial charge in [-0.05, 0) is 0 Å². The standard InChI is InChI=1S/C10H17FN2O4S/c1-13(2)10-12-5-6(15)7(16)8(4(14)3-11)17-9(5)18-10/h4-9,14-16H,3H2,1-2H3/t4-,5-,6?,7?,8-,9-/m1/s1. The number of rotatable bonds is 2. The van der Waals surface area contributed by atoms with Gasteiger partial charge in [0.25, 0.3) is 0 Å². The first-order chi connectivity index (χ1) is 8.45. The second-order valence-corrected chi connectivity index (χ2v) is 5.65. The molecule has 2 unspecified atom stereocenters. The molecule has 0 amide bonds. The molecule has 2 aliphatic rings. The average Bonchev–Trinajstić information content (AvgIpc) is 2.77. The lowest BCUT2D eigenvalue weighted by molar-refractivity contribution is -0.186. The van der Waals surface area contributed by atoms with Gasteiger partial charge in [-0.25, -0.2) is 4.39 Å². The minimum Gasteiger partial charge on any atom is -0.388 e. The molecule has 6 nitrogen and oxygen atoms in total. The van der Waals surface area contributed by atoms with Gasteiger partial charge in [0, 0.05) is 14.1 Å². The quantitative estimate of drug-likeness (QED) is 0.589. The average molecular weight is 280 g/mol. The van der Waals surface area contributed by atoms with E-state index in [1.807, 2.05) is 0 Å². The second kappa shape index (κ2) is 5.30. The van der Waals surface area contributed by atoms with Crippen LogP contribution in [-0.4, -0.2) is 82.1 Å². The molecule has 0 spiro atoms. The zero-order chi connectivity index (χ0) is 13.4. The van der Waals surface area contributed by atoms with E-state index in [0.29, 0.717) is 5.17 Å². The SMILES string of the molecule is CN(C)C1=N[C@@H]2C(O)C(O)[C@@H]([C@H](O)CF)O[C@@H]2S1. The zero-order valence-corrected chi connectivity index (χ0v) is 10.9. The smallest absolute Gasteiger partial charge is 0.161 e. The molecule has 1 saturated heterocycles. The Morgan fingerprint density at radius 2 is 2.11 bits per heavy atom. The Bertz CT molecular complexity index is 344. The first-order valence-corrected chi connectivity index (χ1v) is 6.51. The van der Waals surface area contributed by atoms with Crippen LogP contribution in [-0.2, 0) is 4.74 Å². The van der Waals surface area contributed by atoms with E-state index in [4.69, 9.17) is 4.74 Å². The normalized spacial score (nSPS) is 41.2. The number of aliphatic hydroxyl groups excluding tert-OH is 3. The molecular weight excluding hydrogens is 263 g/mol. The van der Waals surface area contributed by atoms with Crippen LogP contribution in [0.4, 0.5) is 4.39 Å². The predicted octanol–water partition coefficient (Wildman–Crippen LogP) is -1.20. The molecule has 1 fully saturated rings. The summed E-state index contributed by atoms with van der Waals surface area (Å²) in [4.78, 5) is 6.03. The Labute approximate surface area is 108 Å². The zero-order valence-electron chi connectivity index (χ0n) is 10.1. The molecule has 0 aromatic rings. The molecule has 2 aliphatic heterocycles. The van der Waals surface area contributed by atoms with Crippen LogP contribution in [0.3, 0.4) is 0 Å². The number of fused-ring (bicyclic) bond motifs is 1. The molecule has 104 valence electrons. The minimum atomic E-state index is -1.44. The summed E-state index contributed by atoms with van der Waals surface area (Å²) in [5, 5.41) is 29.9. The van der Waals surface area contributed by atoms with Crippen molar-refractivity contribution in [2.24, 2.45) is 4.99 Å². The lowest BCUT2D eigenvalue weighted by Crippen LogP contribution is -2.58. The van der Waals surface area contributed by atoms with Gasteiger partial charge in [-0.2, -0.15) is 0 Å². The van der Waals surface area contributed by atoms with E-state index in [1.165, 1.54) is 11.8 Å². The number of alkyl halides is 1. The van der Waals surface area contributed by atoms with Crippen LogP contribution in [0.15, 0.2) is 4.99 Å². The van der Waals surface area contributed by atoms with Crippen molar-refractivity contribution in [2.45, 2.75) is 35.9 Å². The predicted molar refractivity (Wildman–Crippen MR) is 65.2 cm³/mol. The molecule has 6 atom stereocenters. The van der Waals surface area contributed by atoms with E-state index in [-0.39, 0.29) is 0 Å². The summed E-state index contributed by atoms with van der Waals surface area (Å²) >= 11 is 1.29. The summed E-state index contributed by atoms with van der Waals surface area (Å²) < 4.78 is 17.9. The molecule has 2 rings (SSSR count). The monoisotopic (exact) mass is 280 g/mol. The van der Waals surface area contributed by atoms with Crippen LogP contribution in [0, 0.1) is 0 Å². The highest BCUT2D eigenvalue weighted by Gasteiger charge is 2.50. The Kier molecular flexibility index (Phi) is 4.12. The minimum absolute atomic E-state index is 0.507. The summed E-state index contributed by atoms with van der Waals surface area (Å²) in [7, 11) is 3.61. The summed E-state index contributed by atoms with van der Waals surface area (Å²) in [6.07, 6.45) is -5.09. The maximum Gasteiger partial charge on any atom is 0.161 e. The number of ether oxygens (including phenoxy) is 1. The fourth-order valence-corrected chi connectivity index (χ4v) is 3.14. The fraction of sp³-hybridized carbons (Fsp3) is 0.900. The highest BCUT2D eigenvalue weighted by Crippen LogP contribution is 2.37. The molecule has 3 N–H and O–H groups in total. The van der Waals surface area contributed by atoms with Gasteiger partial charge in [-0.3, -0.25) is 4.99 Å². The van der Waals surface area contributed by atoms with Crippen LogP contribution < -0.4 is 0 Å². The first kappa shape index (κ1) is 14.0. The van der Waals surface area contributed by atoms with Gasteiger partial charge in [0.2, 0.25) is 0 Å². The van der Waals surface area contributed by atoms with Gasteiger partial charge >= 0.3 is 0 Å². The maximum atomic E-state index is 12.5. The third kappa shape index (κ3) is 2.35. The van der Waals surface area contributed by atoms with Crippen molar-refractivity contribution in [1.82, 2.24) is 4.90 Å². The van der Waals surface area contributed by atoms with Crippen molar-refractivity contribution in [1.29, 1.82) is 0 Å². The van der Waals surface area contributed by atoms with Gasteiger partial charge in [0.1, 0.15) is 42.6 Å². The van der Waals surface area contributed by atoms with E-state index >= 15 is 0 Å². The summed E-state index contributed by atoms with van der Waals surface area (Å²) in [6.45, 7) is -1.03. The van der Waals surface area contributed by atoms with Gasteiger partial charge in [0.05, 0.1) is 0 Å². The molecule has 0 aromatic carbocycles. The Balaban J connectivity index is 2.14. The Hall–Kier alpha value is -0.410. The van der Waals surface area contributed by atoms with Crippen molar-refractivity contribution in [3.63, 3.8) is 0 Å². The third-order valence-electron chi connectivity index (χ3n) is 3.01. The second-order valence-electron chi connectivity index (χ2n) is 4.59. The van der Waals surface area contributed by atoms with E-state index in [1.54, 1.807) is 19.0 Å². The van der Waals surface area contributed by atoms with Crippen molar-refractivity contribution in [3.05, 3.63) is 0 Å². The van der Waals surface area contributed by atoms with Crippen molar-refractivity contribution in [3.8, 4) is 0 Å². The Morgan fingerprint density at radius 3 is 2.67 bits per heavy atom. The molecular formula is C10H17FN2O4S. The van der Waals surface area contributed by atoms with Crippen LogP contribution in [0.1, 0.15) is 0 Å². The first-order valence-electron chi connectivity index (χ1n) is 5.63. The molecule has 18 heavy (non-hydrogen) atoms. The number of hydrogen-bond donors (Lipinski definition) is 3. The number of thioether (sulfide) groups is 1. The molecule has 0 aliphatic carbocycles. The third-order valence-corrected chi connectivity index (χ3v) is 4.31. The topological polar surface area (TPSA) is 85.5 Å². The molecule has 0 aromatic heterocycles. The number of halogens is 1. The molecule has 0 saturated carbocycles. The lowest BCUT2D eigenvalue weighted by atomic mass is 9.95. The van der Waals surface area contributed by atoms with Crippen LogP contribution in [0.25, 0.3) is 0 Å². The van der Waals surface area contributed by atoms with Crippen LogP contribution >= 0.6 is 11.8 Å².